The normalized spacial score (nSPS) is 12.4. The third kappa shape index (κ3) is 6.14. The largest absolute Gasteiger partial charge is 0.467 e. The summed E-state index contributed by atoms with van der Waals surface area (Å²) in [5, 5.41) is 27.2. The number of ether oxygens (including phenoxy) is 1. The number of benzene rings is 2. The van der Waals surface area contributed by atoms with Gasteiger partial charge in [-0.15, -0.1) is 10.2 Å². The van der Waals surface area contributed by atoms with Crippen molar-refractivity contribution in [3.05, 3.63) is 72.1 Å². The first-order chi connectivity index (χ1) is 20.9. The van der Waals surface area contributed by atoms with Crippen molar-refractivity contribution in [3.63, 3.8) is 0 Å². The molecule has 226 valence electrons. The van der Waals surface area contributed by atoms with Crippen molar-refractivity contribution in [1.29, 1.82) is 0 Å². The van der Waals surface area contributed by atoms with Crippen LogP contribution in [0.25, 0.3) is 11.9 Å². The Kier molecular flexibility index (Phi) is 7.91. The first kappa shape index (κ1) is 29.9. The van der Waals surface area contributed by atoms with Gasteiger partial charge in [-0.1, -0.05) is 77.9 Å². The van der Waals surface area contributed by atoms with E-state index in [4.69, 9.17) is 26.4 Å². The van der Waals surface area contributed by atoms with Crippen molar-refractivity contribution < 1.29 is 4.74 Å². The number of rotatable bonds is 7. The molecular weight excluding hydrogens is 558 g/mol. The second-order valence-electron chi connectivity index (χ2n) is 12.0. The monoisotopic (exact) mass is 593 g/mol. The Hall–Kier alpha value is -5.53. The van der Waals surface area contributed by atoms with Crippen LogP contribution in [0, 0.1) is 0 Å². The van der Waals surface area contributed by atoms with Gasteiger partial charge in [0.05, 0.1) is 29.9 Å². The van der Waals surface area contributed by atoms with Gasteiger partial charge in [-0.25, -0.2) is 0 Å². The number of anilines is 2. The fourth-order valence-electron chi connectivity index (χ4n) is 4.18. The lowest BCUT2D eigenvalue weighted by molar-refractivity contribution is 0.375. The zero-order valence-electron chi connectivity index (χ0n) is 25.8. The van der Waals surface area contributed by atoms with Gasteiger partial charge >= 0.3 is 6.01 Å². The molecule has 0 aliphatic heterocycles. The van der Waals surface area contributed by atoms with E-state index in [9.17, 15) is 0 Å². The van der Waals surface area contributed by atoms with Crippen LogP contribution in [0.1, 0.15) is 52.9 Å². The van der Waals surface area contributed by atoms with Gasteiger partial charge < -0.3 is 16.2 Å². The summed E-state index contributed by atoms with van der Waals surface area (Å²) in [4.78, 5) is 13.5. The minimum absolute atomic E-state index is 0.00402. The molecule has 0 aliphatic carbocycles. The average molecular weight is 594 g/mol. The lowest BCUT2D eigenvalue weighted by Crippen LogP contribution is -2.16. The minimum Gasteiger partial charge on any atom is -0.467 e. The summed E-state index contributed by atoms with van der Waals surface area (Å²) in [5.74, 6) is 0.538. The Morgan fingerprint density at radius 1 is 0.591 bits per heavy atom. The molecule has 0 amide bonds. The van der Waals surface area contributed by atoms with Crippen LogP contribution in [0.4, 0.5) is 34.4 Å². The summed E-state index contributed by atoms with van der Waals surface area (Å²) >= 11 is 0. The quantitative estimate of drug-likeness (QED) is 0.192. The topological polar surface area (TPSA) is 185 Å². The molecule has 5 rings (SSSR count). The lowest BCUT2D eigenvalue weighted by atomic mass is 9.91. The summed E-state index contributed by atoms with van der Waals surface area (Å²) in [5.41, 5.74) is 15.7. The van der Waals surface area contributed by atoms with Gasteiger partial charge in [0.1, 0.15) is 0 Å². The number of aromatic nitrogens is 7. The maximum Gasteiger partial charge on any atom is 0.322 e. The summed E-state index contributed by atoms with van der Waals surface area (Å²) in [6.07, 6.45) is 0. The van der Waals surface area contributed by atoms with Gasteiger partial charge in [0, 0.05) is 10.8 Å². The molecular formula is C30H35N13O. The maximum absolute atomic E-state index is 6.62. The van der Waals surface area contributed by atoms with Crippen molar-refractivity contribution in [2.24, 2.45) is 20.5 Å². The molecule has 0 unspecified atom stereocenters. The molecule has 0 spiro atoms. The van der Waals surface area contributed by atoms with Crippen molar-refractivity contribution in [3.8, 4) is 17.9 Å². The summed E-state index contributed by atoms with van der Waals surface area (Å²) in [6.45, 7) is 12.0. The fourth-order valence-corrected chi connectivity index (χ4v) is 4.18. The van der Waals surface area contributed by atoms with E-state index in [0.717, 1.165) is 0 Å². The van der Waals surface area contributed by atoms with E-state index in [-0.39, 0.29) is 29.5 Å². The summed E-state index contributed by atoms with van der Waals surface area (Å²) in [7, 11) is 1.45. The van der Waals surface area contributed by atoms with E-state index in [1.54, 1.807) is 0 Å². The summed E-state index contributed by atoms with van der Waals surface area (Å²) in [6, 6.07) is 18.7. The average Bonchev–Trinajstić information content (AvgIpc) is 3.52. The molecule has 0 radical (unpaired) electrons. The Morgan fingerprint density at radius 2 is 0.977 bits per heavy atom. The van der Waals surface area contributed by atoms with Crippen molar-refractivity contribution in [1.82, 2.24) is 34.5 Å². The Labute approximate surface area is 255 Å². The van der Waals surface area contributed by atoms with E-state index in [1.807, 2.05) is 102 Å². The second kappa shape index (κ2) is 11.6. The zero-order valence-corrected chi connectivity index (χ0v) is 25.8. The molecule has 14 nitrogen and oxygen atoms in total. The first-order valence-electron chi connectivity index (χ1n) is 13.9. The van der Waals surface area contributed by atoms with Gasteiger partial charge in [-0.2, -0.15) is 44.7 Å². The predicted molar refractivity (Wildman–Crippen MR) is 168 cm³/mol. The van der Waals surface area contributed by atoms with E-state index in [0.29, 0.717) is 34.1 Å². The highest BCUT2D eigenvalue weighted by atomic mass is 16.5. The Bertz CT molecular complexity index is 1700. The molecule has 3 heterocycles. The minimum atomic E-state index is -0.433. The van der Waals surface area contributed by atoms with Gasteiger partial charge in [0.2, 0.25) is 0 Å². The molecule has 0 fully saturated rings. The third-order valence-electron chi connectivity index (χ3n) is 6.41. The molecule has 2 aromatic carbocycles. The standard InChI is InChI=1S/C30H35N13O/c1-29(2,3)22-20(38-36-18-14-10-8-11-15-18)24(31)42(40-22)26-33-27(35-28(34-26)44-7)43-25(32)21(23(41-43)30(4,5)6)39-37-19-16-12-9-13-17-19/h8-17H,31-32H2,1-7H3/b38-36+,39-37+. The number of hydrogen-bond acceptors (Lipinski definition) is 12. The molecule has 0 aliphatic rings. The van der Waals surface area contributed by atoms with Gasteiger partial charge in [-0.3, -0.25) is 0 Å². The third-order valence-corrected chi connectivity index (χ3v) is 6.41. The highest BCUT2D eigenvalue weighted by molar-refractivity contribution is 5.66. The van der Waals surface area contributed by atoms with Crippen LogP contribution in [0.5, 0.6) is 6.01 Å². The van der Waals surface area contributed by atoms with Gasteiger partial charge in [0.15, 0.2) is 23.0 Å². The smallest absolute Gasteiger partial charge is 0.322 e. The van der Waals surface area contributed by atoms with Crippen LogP contribution in [-0.2, 0) is 10.8 Å². The highest BCUT2D eigenvalue weighted by Gasteiger charge is 2.30. The number of methoxy groups -OCH3 is 1. The van der Waals surface area contributed by atoms with Crippen LogP contribution in [0.2, 0.25) is 0 Å². The van der Waals surface area contributed by atoms with Crippen LogP contribution < -0.4 is 16.2 Å². The molecule has 14 heteroatoms. The van der Waals surface area contributed by atoms with E-state index in [2.05, 4.69) is 35.4 Å². The molecule has 44 heavy (non-hydrogen) atoms. The molecule has 3 aromatic heterocycles. The van der Waals surface area contributed by atoms with Crippen LogP contribution in [0.15, 0.2) is 81.1 Å². The number of nitrogens with zero attached hydrogens (tertiary/aromatic N) is 11. The van der Waals surface area contributed by atoms with Crippen LogP contribution >= 0.6 is 0 Å². The van der Waals surface area contributed by atoms with Crippen molar-refractivity contribution >= 4 is 34.4 Å². The molecule has 0 atom stereocenters. The van der Waals surface area contributed by atoms with Gasteiger partial charge in [0.25, 0.3) is 11.9 Å². The lowest BCUT2D eigenvalue weighted by Gasteiger charge is -2.15. The highest BCUT2D eigenvalue weighted by Crippen LogP contribution is 2.39. The SMILES string of the molecule is COc1nc(-n2nc(C(C)(C)C)c(/N=N/c3ccccc3)c2N)nc(-n2nc(C(C)(C)C)c(/N=N/c3ccccc3)c2N)n1. The van der Waals surface area contributed by atoms with E-state index in [1.165, 1.54) is 16.5 Å². The van der Waals surface area contributed by atoms with Crippen LogP contribution in [-0.4, -0.2) is 41.6 Å². The van der Waals surface area contributed by atoms with Crippen molar-refractivity contribution in [2.45, 2.75) is 52.4 Å². The number of nitrogen functional groups attached to an aromatic ring is 2. The molecule has 0 saturated carbocycles. The van der Waals surface area contributed by atoms with Gasteiger partial charge in [-0.05, 0) is 24.3 Å². The second-order valence-corrected chi connectivity index (χ2v) is 12.0. The van der Waals surface area contributed by atoms with E-state index >= 15 is 0 Å². The zero-order chi connectivity index (χ0) is 31.6. The number of azo groups is 2. The summed E-state index contributed by atoms with van der Waals surface area (Å²) < 4.78 is 8.19. The fraction of sp³-hybridized carbons (Fsp3) is 0.300. The van der Waals surface area contributed by atoms with Crippen LogP contribution in [0.3, 0.4) is 0 Å². The van der Waals surface area contributed by atoms with E-state index < -0.39 is 10.8 Å². The number of nitrogens with two attached hydrogens (primary N) is 2. The molecule has 4 N–H and O–H groups in total. The molecule has 0 bridgehead atoms. The Morgan fingerprint density at radius 3 is 1.32 bits per heavy atom. The number of hydrogen-bond donors (Lipinski definition) is 2. The molecule has 5 aromatic rings. The molecule has 0 saturated heterocycles. The maximum atomic E-state index is 6.62. The predicted octanol–water partition coefficient (Wildman–Crippen LogP) is 6.84. The first-order valence-corrected chi connectivity index (χ1v) is 13.9. The van der Waals surface area contributed by atoms with Crippen molar-refractivity contribution in [2.75, 3.05) is 18.6 Å². The Balaban J connectivity index is 1.65.